The van der Waals surface area contributed by atoms with E-state index in [1.54, 1.807) is 0 Å². The van der Waals surface area contributed by atoms with E-state index in [-0.39, 0.29) is 19.4 Å². The fourth-order valence-electron chi connectivity index (χ4n) is 5.75. The number of carboxylic acids is 1. The summed E-state index contributed by atoms with van der Waals surface area (Å²) in [4.78, 5) is 45.9. The zero-order valence-electron chi connectivity index (χ0n) is 34.9. The molecule has 4 N–H and O–H groups in total. The highest BCUT2D eigenvalue weighted by Gasteiger charge is 2.35. The number of phosphoric ester groups is 1. The monoisotopic (exact) mass is 823 g/mol. The molecule has 5 unspecified atom stereocenters. The van der Waals surface area contributed by atoms with Crippen LogP contribution >= 0.6 is 7.82 Å². The second-order valence-corrected chi connectivity index (χ2v) is 15.9. The topological polar surface area (TPSA) is 184 Å². The van der Waals surface area contributed by atoms with Crippen molar-refractivity contribution in [2.75, 3.05) is 19.8 Å². The largest absolute Gasteiger partial charge is 0.480 e. The number of esters is 2. The highest BCUT2D eigenvalue weighted by Crippen LogP contribution is 2.43. The molecule has 0 aromatic rings. The minimum absolute atomic E-state index is 0.0324. The number of unbranched alkanes of at least 4 members (excludes halogenated alkanes) is 12. The Balaban J connectivity index is 2.33. The number of ether oxygens (including phenoxy) is 3. The fraction of sp³-hybridized carbons (Fsp3) is 0.705. The minimum Gasteiger partial charge on any atom is -0.480 e. The second kappa shape index (κ2) is 35.1. The van der Waals surface area contributed by atoms with Gasteiger partial charge in [-0.2, -0.15) is 0 Å². The van der Waals surface area contributed by atoms with Gasteiger partial charge in [-0.25, -0.2) is 4.57 Å². The number of carbonyl (C=O) groups excluding carboxylic acids is 2. The Kier molecular flexibility index (Phi) is 32.1. The molecule has 1 rings (SSSR count). The van der Waals surface area contributed by atoms with E-state index in [2.05, 4.69) is 60.9 Å². The second-order valence-electron chi connectivity index (χ2n) is 14.5. The molecule has 1 heterocycles. The molecule has 0 aromatic heterocycles. The first-order chi connectivity index (χ1) is 27.6. The molecule has 1 aliphatic rings. The predicted octanol–water partition coefficient (Wildman–Crippen LogP) is 10.2. The molecule has 0 amide bonds. The molecule has 0 saturated carbocycles. The van der Waals surface area contributed by atoms with Gasteiger partial charge in [0.2, 0.25) is 0 Å². The van der Waals surface area contributed by atoms with E-state index < -0.39 is 51.1 Å². The lowest BCUT2D eigenvalue weighted by molar-refractivity contribution is -0.161. The smallest absolute Gasteiger partial charge is 0.472 e. The number of hydrogen-bond donors (Lipinski definition) is 3. The summed E-state index contributed by atoms with van der Waals surface area (Å²) in [5.41, 5.74) is 5.32. The van der Waals surface area contributed by atoms with Crippen LogP contribution in [-0.4, -0.2) is 72.1 Å². The first-order valence-corrected chi connectivity index (χ1v) is 22.9. The number of epoxide rings is 1. The number of carbonyl (C=O) groups is 3. The zero-order valence-corrected chi connectivity index (χ0v) is 35.7. The van der Waals surface area contributed by atoms with Crippen LogP contribution < -0.4 is 5.73 Å². The summed E-state index contributed by atoms with van der Waals surface area (Å²) >= 11 is 0. The van der Waals surface area contributed by atoms with Crippen LogP contribution in [0.2, 0.25) is 0 Å². The molecular weight excluding hydrogens is 749 g/mol. The molecule has 1 saturated heterocycles. The number of nitrogens with two attached hydrogens (primary N) is 1. The lowest BCUT2D eigenvalue weighted by Gasteiger charge is -2.20. The van der Waals surface area contributed by atoms with Crippen LogP contribution in [0.15, 0.2) is 60.8 Å². The van der Waals surface area contributed by atoms with Crippen LogP contribution in [0.25, 0.3) is 0 Å². The summed E-state index contributed by atoms with van der Waals surface area (Å²) in [5.74, 6) is -2.49. The third-order valence-electron chi connectivity index (χ3n) is 9.27. The standard InChI is InChI=1S/C44H74NO11P/c1-3-5-6-7-8-9-10-14-18-21-24-27-30-33-42(46)52-35-38(36-53-57(50,51)54-37-39(45)44(48)49)55-43(47)34-31-28-25-22-19-16-13-11-12-15-17-20-23-26-29-32-41-40(4-2)56-41/h11-12,16-17,19-20,25-26,28-29,38-41H,3-10,13-15,18,21-24,27,30-37,45H2,1-2H3,(H,48,49)(H,50,51)/b12-11+,19-16+,20-17+,28-25+,29-26+. The van der Waals surface area contributed by atoms with Crippen molar-refractivity contribution in [3.05, 3.63) is 60.8 Å². The lowest BCUT2D eigenvalue weighted by Crippen LogP contribution is -2.34. The molecule has 0 bridgehead atoms. The average Bonchev–Trinajstić information content (AvgIpc) is 3.96. The van der Waals surface area contributed by atoms with Gasteiger partial charge in [-0.15, -0.1) is 0 Å². The molecule has 5 atom stereocenters. The third-order valence-corrected chi connectivity index (χ3v) is 10.2. The van der Waals surface area contributed by atoms with E-state index in [0.29, 0.717) is 31.5 Å². The minimum atomic E-state index is -4.74. The molecule has 0 radical (unpaired) electrons. The SMILES string of the molecule is CCCCCCCCCCCCCCCC(=O)OCC(COP(=O)(O)OCC(N)C(=O)O)OC(=O)CC/C=C/C/C=C/C/C=C/C/C=C/C/C=C/CC1OC1CC. The van der Waals surface area contributed by atoms with E-state index in [9.17, 15) is 23.8 Å². The van der Waals surface area contributed by atoms with E-state index in [4.69, 9.17) is 29.6 Å². The van der Waals surface area contributed by atoms with Gasteiger partial charge in [-0.3, -0.25) is 23.4 Å². The first kappa shape index (κ1) is 52.2. The summed E-state index contributed by atoms with van der Waals surface area (Å²) in [5, 5.41) is 8.88. The fourth-order valence-corrected chi connectivity index (χ4v) is 6.52. The maximum Gasteiger partial charge on any atom is 0.472 e. The summed E-state index contributed by atoms with van der Waals surface area (Å²) in [6.07, 6.45) is 42.1. The molecule has 13 heteroatoms. The van der Waals surface area contributed by atoms with Crippen LogP contribution in [0, 0.1) is 0 Å². The van der Waals surface area contributed by atoms with Gasteiger partial charge >= 0.3 is 25.7 Å². The van der Waals surface area contributed by atoms with Crippen LogP contribution in [0.3, 0.4) is 0 Å². The van der Waals surface area contributed by atoms with Crippen molar-refractivity contribution in [3.63, 3.8) is 0 Å². The third kappa shape index (κ3) is 32.8. The van der Waals surface area contributed by atoms with Gasteiger partial charge < -0.3 is 29.9 Å². The Bertz CT molecular complexity index is 1260. The Labute approximate surface area is 343 Å². The lowest BCUT2D eigenvalue weighted by atomic mass is 10.0. The van der Waals surface area contributed by atoms with Crippen molar-refractivity contribution in [3.8, 4) is 0 Å². The maximum atomic E-state index is 12.6. The van der Waals surface area contributed by atoms with E-state index in [0.717, 1.165) is 51.4 Å². The summed E-state index contributed by atoms with van der Waals surface area (Å²) < 4.78 is 38.1. The number of phosphoric acid groups is 1. The van der Waals surface area contributed by atoms with Crippen molar-refractivity contribution in [2.45, 2.75) is 179 Å². The summed E-state index contributed by atoms with van der Waals surface area (Å²) in [6.45, 7) is 2.61. The number of allylic oxidation sites excluding steroid dienone is 9. The quantitative estimate of drug-likeness (QED) is 0.0176. The number of hydrogen-bond acceptors (Lipinski definition) is 10. The van der Waals surface area contributed by atoms with Crippen molar-refractivity contribution >= 4 is 25.7 Å². The van der Waals surface area contributed by atoms with E-state index >= 15 is 0 Å². The highest BCUT2D eigenvalue weighted by atomic mass is 31.2. The molecular formula is C44H74NO11P. The van der Waals surface area contributed by atoms with Crippen molar-refractivity contribution in [2.24, 2.45) is 5.73 Å². The first-order valence-electron chi connectivity index (χ1n) is 21.4. The maximum absolute atomic E-state index is 12.6. The van der Waals surface area contributed by atoms with Crippen LogP contribution in [0.4, 0.5) is 0 Å². The van der Waals surface area contributed by atoms with Gasteiger partial charge in [0.05, 0.1) is 25.4 Å². The van der Waals surface area contributed by atoms with E-state index in [1.807, 2.05) is 18.2 Å². The molecule has 1 fully saturated rings. The van der Waals surface area contributed by atoms with Gasteiger partial charge in [0.1, 0.15) is 12.6 Å². The van der Waals surface area contributed by atoms with Crippen LogP contribution in [0.1, 0.15) is 155 Å². The predicted molar refractivity (Wildman–Crippen MR) is 225 cm³/mol. The summed E-state index contributed by atoms with van der Waals surface area (Å²) in [6, 6.07) is -1.54. The molecule has 57 heavy (non-hydrogen) atoms. The van der Waals surface area contributed by atoms with Gasteiger partial charge in [0.25, 0.3) is 0 Å². The Hall–Kier alpha value is -2.86. The normalized spacial score (nSPS) is 17.9. The van der Waals surface area contributed by atoms with Crippen molar-refractivity contribution in [1.82, 2.24) is 0 Å². The van der Waals surface area contributed by atoms with Gasteiger partial charge in [-0.1, -0.05) is 152 Å². The molecule has 0 aliphatic carbocycles. The Morgan fingerprint density at radius 2 is 1.14 bits per heavy atom. The molecule has 326 valence electrons. The van der Waals surface area contributed by atoms with Crippen molar-refractivity contribution in [1.29, 1.82) is 0 Å². The molecule has 0 spiro atoms. The van der Waals surface area contributed by atoms with Crippen LogP contribution in [-0.2, 0) is 42.2 Å². The van der Waals surface area contributed by atoms with E-state index in [1.165, 1.54) is 57.8 Å². The molecule has 1 aliphatic heterocycles. The zero-order chi connectivity index (χ0) is 41.8. The van der Waals surface area contributed by atoms with Gasteiger partial charge in [0, 0.05) is 12.8 Å². The van der Waals surface area contributed by atoms with Crippen LogP contribution in [0.5, 0.6) is 0 Å². The van der Waals surface area contributed by atoms with Crippen molar-refractivity contribution < 1.29 is 52.2 Å². The number of rotatable bonds is 38. The Morgan fingerprint density at radius 1 is 0.649 bits per heavy atom. The average molecular weight is 824 g/mol. The number of aliphatic carboxylic acids is 1. The van der Waals surface area contributed by atoms with Gasteiger partial charge in [0.15, 0.2) is 6.10 Å². The van der Waals surface area contributed by atoms with Gasteiger partial charge in [-0.05, 0) is 51.4 Å². The Morgan fingerprint density at radius 3 is 1.65 bits per heavy atom. The summed E-state index contributed by atoms with van der Waals surface area (Å²) in [7, 11) is -4.74. The molecule has 12 nitrogen and oxygen atoms in total. The molecule has 0 aromatic carbocycles. The highest BCUT2D eigenvalue weighted by molar-refractivity contribution is 7.47. The number of carboxylic acid groups (broad SMARTS) is 1.